The van der Waals surface area contributed by atoms with Gasteiger partial charge in [0.2, 0.25) is 5.95 Å². The Balaban J connectivity index is 1.93. The van der Waals surface area contributed by atoms with Gasteiger partial charge in [0.05, 0.1) is 18.3 Å². The molecule has 3 aromatic rings. The van der Waals surface area contributed by atoms with E-state index in [2.05, 4.69) is 10.1 Å². The molecular formula is C21H26N6O3. The predicted octanol–water partition coefficient (Wildman–Crippen LogP) is 1.39. The quantitative estimate of drug-likeness (QED) is 0.686. The first-order chi connectivity index (χ1) is 14.3. The topological polar surface area (TPSA) is 97.7 Å². The van der Waals surface area contributed by atoms with Crippen LogP contribution in [0.1, 0.15) is 37.4 Å². The third kappa shape index (κ3) is 3.15. The lowest BCUT2D eigenvalue weighted by molar-refractivity contribution is 0.289. The van der Waals surface area contributed by atoms with Gasteiger partial charge < -0.3 is 5.11 Å². The molecule has 1 atom stereocenters. The molecule has 0 aliphatic carbocycles. The maximum Gasteiger partial charge on any atom is 0.332 e. The molecule has 0 saturated heterocycles. The molecule has 0 radical (unpaired) electrons. The fraction of sp³-hybridized carbons (Fsp3) is 0.429. The van der Waals surface area contributed by atoms with Crippen LogP contribution in [-0.2, 0) is 13.6 Å². The molecule has 9 nitrogen and oxygen atoms in total. The second-order valence-electron chi connectivity index (χ2n) is 7.79. The van der Waals surface area contributed by atoms with E-state index >= 15 is 0 Å². The van der Waals surface area contributed by atoms with E-state index < -0.39 is 5.69 Å². The van der Waals surface area contributed by atoms with E-state index in [1.54, 1.807) is 12.1 Å². The van der Waals surface area contributed by atoms with Crippen molar-refractivity contribution in [2.24, 2.45) is 12.1 Å². The van der Waals surface area contributed by atoms with Crippen molar-refractivity contribution in [3.63, 3.8) is 0 Å². The zero-order chi connectivity index (χ0) is 21.6. The highest BCUT2D eigenvalue weighted by molar-refractivity contribution is 5.91. The minimum atomic E-state index is -0.407. The van der Waals surface area contributed by atoms with Crippen molar-refractivity contribution in [1.82, 2.24) is 18.7 Å². The van der Waals surface area contributed by atoms with E-state index in [0.29, 0.717) is 30.1 Å². The van der Waals surface area contributed by atoms with Crippen LogP contribution in [0.25, 0.3) is 11.2 Å². The number of hydrogen-bond acceptors (Lipinski definition) is 6. The molecule has 0 saturated carbocycles. The van der Waals surface area contributed by atoms with Crippen molar-refractivity contribution in [2.75, 3.05) is 18.2 Å². The van der Waals surface area contributed by atoms with Crippen LogP contribution in [0.4, 0.5) is 5.95 Å². The number of aromatic nitrogens is 4. The number of anilines is 1. The fourth-order valence-corrected chi connectivity index (χ4v) is 3.77. The van der Waals surface area contributed by atoms with E-state index in [-0.39, 0.29) is 24.8 Å². The van der Waals surface area contributed by atoms with Crippen LogP contribution >= 0.6 is 0 Å². The number of nitrogens with zero attached hydrogens (tertiary/aromatic N) is 6. The van der Waals surface area contributed by atoms with Crippen LogP contribution in [0, 0.1) is 6.92 Å². The molecule has 1 unspecified atom stereocenters. The summed E-state index contributed by atoms with van der Waals surface area (Å²) in [5.41, 5.74) is 2.78. The molecule has 2 aromatic heterocycles. The second-order valence-corrected chi connectivity index (χ2v) is 7.79. The van der Waals surface area contributed by atoms with Gasteiger partial charge in [-0.05, 0) is 32.8 Å². The Hall–Kier alpha value is -3.20. The molecule has 1 aliphatic heterocycles. The molecule has 4 rings (SSSR count). The molecule has 1 aromatic carbocycles. The van der Waals surface area contributed by atoms with Crippen molar-refractivity contribution in [3.8, 4) is 0 Å². The van der Waals surface area contributed by atoms with Crippen molar-refractivity contribution in [3.05, 3.63) is 56.2 Å². The van der Waals surface area contributed by atoms with Crippen LogP contribution in [0.15, 0.2) is 39.0 Å². The average Bonchev–Trinajstić information content (AvgIpc) is 3.14. The average molecular weight is 410 g/mol. The highest BCUT2D eigenvalue weighted by atomic mass is 16.3. The number of fused-ring (bicyclic) bond motifs is 3. The monoisotopic (exact) mass is 410 g/mol. The van der Waals surface area contributed by atoms with Gasteiger partial charge in [0.15, 0.2) is 11.2 Å². The standard InChI is InChI=1S/C21H26N6O3/c1-13-6-8-16(9-7-13)12-25-19(29)17-18(24(4)21(25)30)22-20-26(10-5-11-28)23-14(2)15(3)27(17)20/h6-9,15,28H,5,10-12H2,1-4H3. The van der Waals surface area contributed by atoms with Gasteiger partial charge in [0.25, 0.3) is 5.56 Å². The molecule has 0 spiro atoms. The van der Waals surface area contributed by atoms with E-state index in [1.807, 2.05) is 49.6 Å². The lowest BCUT2D eigenvalue weighted by Crippen LogP contribution is -2.40. The Morgan fingerprint density at radius 1 is 1.13 bits per heavy atom. The Morgan fingerprint density at radius 2 is 1.83 bits per heavy atom. The van der Waals surface area contributed by atoms with Crippen LogP contribution in [0.2, 0.25) is 0 Å². The number of aryl methyl sites for hydroxylation is 2. The Morgan fingerprint density at radius 3 is 2.50 bits per heavy atom. The first-order valence-corrected chi connectivity index (χ1v) is 10.0. The van der Waals surface area contributed by atoms with Crippen LogP contribution in [0.5, 0.6) is 0 Å². The summed E-state index contributed by atoms with van der Waals surface area (Å²) in [6.45, 7) is 6.54. The first-order valence-electron chi connectivity index (χ1n) is 10.0. The number of rotatable bonds is 5. The number of hydrogen-bond donors (Lipinski definition) is 1. The predicted molar refractivity (Wildman–Crippen MR) is 116 cm³/mol. The van der Waals surface area contributed by atoms with Gasteiger partial charge in [-0.3, -0.25) is 18.5 Å². The summed E-state index contributed by atoms with van der Waals surface area (Å²) in [5.74, 6) is 0.511. The van der Waals surface area contributed by atoms with Gasteiger partial charge in [0, 0.05) is 20.2 Å². The van der Waals surface area contributed by atoms with Crippen LogP contribution in [0.3, 0.4) is 0 Å². The molecule has 9 heteroatoms. The molecular weight excluding hydrogens is 384 g/mol. The SMILES string of the molecule is CC1=NN(CCCO)c2nc3c(c(=O)n(Cc4ccc(C)cc4)c(=O)n3C)n2C1C. The minimum absolute atomic E-state index is 0.0304. The molecule has 0 amide bonds. The van der Waals surface area contributed by atoms with Crippen molar-refractivity contribution in [2.45, 2.75) is 39.8 Å². The summed E-state index contributed by atoms with van der Waals surface area (Å²) in [6, 6.07) is 7.60. The number of hydrazone groups is 1. The van der Waals surface area contributed by atoms with Gasteiger partial charge in [0.1, 0.15) is 0 Å². The summed E-state index contributed by atoms with van der Waals surface area (Å²) in [5, 5.41) is 15.5. The third-order valence-corrected chi connectivity index (χ3v) is 5.65. The molecule has 0 bridgehead atoms. The van der Waals surface area contributed by atoms with E-state index in [4.69, 9.17) is 0 Å². The maximum absolute atomic E-state index is 13.5. The van der Waals surface area contributed by atoms with E-state index in [1.165, 1.54) is 9.13 Å². The van der Waals surface area contributed by atoms with Gasteiger partial charge in [-0.25, -0.2) is 9.80 Å². The zero-order valence-corrected chi connectivity index (χ0v) is 17.7. The van der Waals surface area contributed by atoms with Gasteiger partial charge in [-0.15, -0.1) is 0 Å². The highest BCUT2D eigenvalue weighted by Gasteiger charge is 2.30. The molecule has 1 aliphatic rings. The number of aliphatic hydroxyl groups is 1. The summed E-state index contributed by atoms with van der Waals surface area (Å²) in [7, 11) is 1.63. The van der Waals surface area contributed by atoms with E-state index in [0.717, 1.165) is 16.8 Å². The van der Waals surface area contributed by atoms with Crippen LogP contribution < -0.4 is 16.3 Å². The fourth-order valence-electron chi connectivity index (χ4n) is 3.77. The van der Waals surface area contributed by atoms with Crippen molar-refractivity contribution in [1.29, 1.82) is 0 Å². The molecule has 1 N–H and O–H groups in total. The lowest BCUT2D eigenvalue weighted by atomic mass is 10.1. The Bertz CT molecular complexity index is 1250. The maximum atomic E-state index is 13.5. The minimum Gasteiger partial charge on any atom is -0.396 e. The number of imidazole rings is 1. The summed E-state index contributed by atoms with van der Waals surface area (Å²) in [4.78, 5) is 31.1. The normalized spacial score (nSPS) is 16.1. The van der Waals surface area contributed by atoms with Gasteiger partial charge in [-0.1, -0.05) is 29.8 Å². The largest absolute Gasteiger partial charge is 0.396 e. The Kier molecular flexibility index (Phi) is 5.07. The van der Waals surface area contributed by atoms with Gasteiger partial charge >= 0.3 is 5.69 Å². The van der Waals surface area contributed by atoms with Crippen LogP contribution in [-0.4, -0.2) is 42.7 Å². The van der Waals surface area contributed by atoms with Gasteiger partial charge in [-0.2, -0.15) is 10.1 Å². The highest BCUT2D eigenvalue weighted by Crippen LogP contribution is 2.29. The molecule has 158 valence electrons. The molecule has 30 heavy (non-hydrogen) atoms. The third-order valence-electron chi connectivity index (χ3n) is 5.65. The Labute approximate surface area is 173 Å². The summed E-state index contributed by atoms with van der Waals surface area (Å²) >= 11 is 0. The lowest BCUT2D eigenvalue weighted by Gasteiger charge is -2.29. The number of aliphatic hydroxyl groups excluding tert-OH is 1. The summed E-state index contributed by atoms with van der Waals surface area (Å²) in [6.07, 6.45) is 0.519. The smallest absolute Gasteiger partial charge is 0.332 e. The zero-order valence-electron chi connectivity index (χ0n) is 17.7. The first kappa shape index (κ1) is 20.1. The molecule has 3 heterocycles. The molecule has 0 fully saturated rings. The van der Waals surface area contributed by atoms with E-state index in [9.17, 15) is 14.7 Å². The number of benzene rings is 1. The summed E-state index contributed by atoms with van der Waals surface area (Å²) < 4.78 is 4.53. The second kappa shape index (κ2) is 7.56. The van der Waals surface area contributed by atoms with Crippen molar-refractivity contribution >= 4 is 22.8 Å². The van der Waals surface area contributed by atoms with Crippen molar-refractivity contribution < 1.29 is 5.11 Å².